The largest absolute Gasteiger partial charge is 0.504 e. The number of rotatable bonds is 4. The molecule has 1 aromatic carbocycles. The summed E-state index contributed by atoms with van der Waals surface area (Å²) in [4.78, 5) is 11.8. The van der Waals surface area contributed by atoms with Gasteiger partial charge in [0.15, 0.2) is 11.5 Å². The van der Waals surface area contributed by atoms with E-state index in [1.165, 1.54) is 19.3 Å². The summed E-state index contributed by atoms with van der Waals surface area (Å²) in [7, 11) is 1.44. The predicted molar refractivity (Wildman–Crippen MR) is 69.4 cm³/mol. The van der Waals surface area contributed by atoms with Crippen molar-refractivity contribution < 1.29 is 14.6 Å². The van der Waals surface area contributed by atoms with Crippen LogP contribution in [0, 0.1) is 11.3 Å². The average Bonchev–Trinajstić information content (AvgIpc) is 3.21. The molecule has 1 aliphatic rings. The molecule has 0 bridgehead atoms. The molecule has 1 saturated carbocycles. The first-order valence-electron chi connectivity index (χ1n) is 5.93. The van der Waals surface area contributed by atoms with Crippen molar-refractivity contribution in [1.29, 1.82) is 5.26 Å². The SMILES string of the molecule is COc1cc(/C=C(\C#N)C(=O)NC2CC2)ccc1O. The second kappa shape index (κ2) is 5.44. The van der Waals surface area contributed by atoms with E-state index >= 15 is 0 Å². The molecular weight excluding hydrogens is 244 g/mol. The first-order chi connectivity index (χ1) is 9.13. The number of ether oxygens (including phenoxy) is 1. The molecule has 0 atom stereocenters. The summed E-state index contributed by atoms with van der Waals surface area (Å²) in [5.74, 6) is -0.0497. The zero-order valence-electron chi connectivity index (χ0n) is 10.5. The van der Waals surface area contributed by atoms with Crippen molar-refractivity contribution in [2.24, 2.45) is 0 Å². The Morgan fingerprint density at radius 2 is 2.32 bits per heavy atom. The van der Waals surface area contributed by atoms with Crippen LogP contribution in [0.3, 0.4) is 0 Å². The molecule has 19 heavy (non-hydrogen) atoms. The lowest BCUT2D eigenvalue weighted by atomic mass is 10.1. The maximum absolute atomic E-state index is 11.8. The summed E-state index contributed by atoms with van der Waals surface area (Å²) in [5.41, 5.74) is 0.664. The first kappa shape index (κ1) is 13.0. The third-order valence-electron chi connectivity index (χ3n) is 2.79. The molecule has 0 spiro atoms. The van der Waals surface area contributed by atoms with Gasteiger partial charge < -0.3 is 15.2 Å². The smallest absolute Gasteiger partial charge is 0.262 e. The van der Waals surface area contributed by atoms with E-state index in [9.17, 15) is 9.90 Å². The average molecular weight is 258 g/mol. The molecule has 0 aromatic heterocycles. The maximum atomic E-state index is 11.8. The van der Waals surface area contributed by atoms with Gasteiger partial charge in [-0.2, -0.15) is 5.26 Å². The Balaban J connectivity index is 2.21. The summed E-state index contributed by atoms with van der Waals surface area (Å²) >= 11 is 0. The topological polar surface area (TPSA) is 82.3 Å². The highest BCUT2D eigenvalue weighted by molar-refractivity contribution is 6.02. The van der Waals surface area contributed by atoms with E-state index < -0.39 is 0 Å². The molecule has 1 fully saturated rings. The number of hydrogen-bond donors (Lipinski definition) is 2. The van der Waals surface area contributed by atoms with Gasteiger partial charge in [-0.1, -0.05) is 6.07 Å². The molecule has 0 heterocycles. The van der Waals surface area contributed by atoms with E-state index in [0.29, 0.717) is 11.3 Å². The lowest BCUT2D eigenvalue weighted by molar-refractivity contribution is -0.117. The minimum atomic E-state index is -0.364. The second-order valence-electron chi connectivity index (χ2n) is 4.35. The van der Waals surface area contributed by atoms with Crippen LogP contribution < -0.4 is 10.1 Å². The number of phenols is 1. The molecule has 1 amide bonds. The Hall–Kier alpha value is -2.48. The lowest BCUT2D eigenvalue weighted by Crippen LogP contribution is -2.26. The fourth-order valence-electron chi connectivity index (χ4n) is 1.59. The highest BCUT2D eigenvalue weighted by atomic mass is 16.5. The van der Waals surface area contributed by atoms with Crippen LogP contribution in [-0.4, -0.2) is 24.2 Å². The highest BCUT2D eigenvalue weighted by Gasteiger charge is 2.24. The summed E-state index contributed by atoms with van der Waals surface area (Å²) in [6.45, 7) is 0. The van der Waals surface area contributed by atoms with Gasteiger partial charge in [-0.15, -0.1) is 0 Å². The normalized spacial score (nSPS) is 14.6. The zero-order valence-corrected chi connectivity index (χ0v) is 10.5. The third kappa shape index (κ3) is 3.26. The lowest BCUT2D eigenvalue weighted by Gasteiger charge is -2.05. The molecular formula is C14H14N2O3. The predicted octanol–water partition coefficient (Wildman–Crippen LogP) is 1.59. The monoisotopic (exact) mass is 258 g/mol. The minimum Gasteiger partial charge on any atom is -0.504 e. The number of amides is 1. The van der Waals surface area contributed by atoms with Gasteiger partial charge in [0.05, 0.1) is 7.11 Å². The van der Waals surface area contributed by atoms with E-state index in [0.717, 1.165) is 12.8 Å². The van der Waals surface area contributed by atoms with Gasteiger partial charge >= 0.3 is 0 Å². The summed E-state index contributed by atoms with van der Waals surface area (Å²) < 4.78 is 4.97. The molecule has 0 saturated heterocycles. The summed E-state index contributed by atoms with van der Waals surface area (Å²) in [6.07, 6.45) is 3.41. The number of nitrogens with one attached hydrogen (secondary N) is 1. The number of nitrogens with zero attached hydrogens (tertiary/aromatic N) is 1. The van der Waals surface area contributed by atoms with Gasteiger partial charge in [0.25, 0.3) is 5.91 Å². The number of nitriles is 1. The summed E-state index contributed by atoms with van der Waals surface area (Å²) in [5, 5.41) is 21.2. The molecule has 98 valence electrons. The minimum absolute atomic E-state index is 0.0144. The highest BCUT2D eigenvalue weighted by Crippen LogP contribution is 2.27. The van der Waals surface area contributed by atoms with Gasteiger partial charge in [0.1, 0.15) is 11.6 Å². The Bertz CT molecular complexity index is 569. The molecule has 0 aliphatic heterocycles. The van der Waals surface area contributed by atoms with Gasteiger partial charge in [0, 0.05) is 6.04 Å². The molecule has 5 nitrogen and oxygen atoms in total. The van der Waals surface area contributed by atoms with Crippen molar-refractivity contribution in [3.63, 3.8) is 0 Å². The maximum Gasteiger partial charge on any atom is 0.262 e. The van der Waals surface area contributed by atoms with Crippen LogP contribution in [0.5, 0.6) is 11.5 Å². The van der Waals surface area contributed by atoms with Crippen LogP contribution in [0.2, 0.25) is 0 Å². The number of carbonyl (C=O) groups is 1. The third-order valence-corrected chi connectivity index (χ3v) is 2.79. The molecule has 1 aromatic rings. The number of benzene rings is 1. The molecule has 1 aliphatic carbocycles. The molecule has 0 unspecified atom stereocenters. The fourth-order valence-corrected chi connectivity index (χ4v) is 1.59. The van der Waals surface area contributed by atoms with Crippen LogP contribution in [0.1, 0.15) is 18.4 Å². The first-order valence-corrected chi connectivity index (χ1v) is 5.93. The van der Waals surface area contributed by atoms with Crippen molar-refractivity contribution in [2.45, 2.75) is 18.9 Å². The van der Waals surface area contributed by atoms with Crippen molar-refractivity contribution >= 4 is 12.0 Å². The van der Waals surface area contributed by atoms with Gasteiger partial charge in [-0.25, -0.2) is 0 Å². The van der Waals surface area contributed by atoms with Crippen LogP contribution >= 0.6 is 0 Å². The van der Waals surface area contributed by atoms with Crippen LogP contribution in [0.25, 0.3) is 6.08 Å². The van der Waals surface area contributed by atoms with Crippen molar-refractivity contribution in [1.82, 2.24) is 5.32 Å². The van der Waals surface area contributed by atoms with Crippen LogP contribution in [0.15, 0.2) is 23.8 Å². The standard InChI is InChI=1S/C14H14N2O3/c1-19-13-7-9(2-5-12(13)17)6-10(8-15)14(18)16-11-3-4-11/h2,5-7,11,17H,3-4H2,1H3,(H,16,18)/b10-6+. The Morgan fingerprint density at radius 3 is 2.89 bits per heavy atom. The van der Waals surface area contributed by atoms with E-state index in [2.05, 4.69) is 5.32 Å². The number of methoxy groups -OCH3 is 1. The van der Waals surface area contributed by atoms with Gasteiger partial charge in [-0.3, -0.25) is 4.79 Å². The van der Waals surface area contributed by atoms with Crippen LogP contribution in [-0.2, 0) is 4.79 Å². The van der Waals surface area contributed by atoms with E-state index in [4.69, 9.17) is 10.00 Å². The number of hydrogen-bond acceptors (Lipinski definition) is 4. The molecule has 2 rings (SSSR count). The Labute approximate surface area is 111 Å². The quantitative estimate of drug-likeness (QED) is 0.634. The van der Waals surface area contributed by atoms with Gasteiger partial charge in [-0.05, 0) is 36.6 Å². The number of carbonyl (C=O) groups excluding carboxylic acids is 1. The molecule has 0 radical (unpaired) electrons. The molecule has 5 heteroatoms. The number of phenolic OH excluding ortho intramolecular Hbond substituents is 1. The van der Waals surface area contributed by atoms with Crippen molar-refractivity contribution in [3.8, 4) is 17.6 Å². The zero-order chi connectivity index (χ0) is 13.8. The Kier molecular flexibility index (Phi) is 3.71. The summed E-state index contributed by atoms with van der Waals surface area (Å²) in [6, 6.07) is 6.72. The van der Waals surface area contributed by atoms with Crippen molar-refractivity contribution in [2.75, 3.05) is 7.11 Å². The number of aromatic hydroxyl groups is 1. The van der Waals surface area contributed by atoms with Crippen LogP contribution in [0.4, 0.5) is 0 Å². The van der Waals surface area contributed by atoms with Crippen molar-refractivity contribution in [3.05, 3.63) is 29.3 Å². The van der Waals surface area contributed by atoms with E-state index in [1.807, 2.05) is 6.07 Å². The second-order valence-corrected chi connectivity index (χ2v) is 4.35. The molecule has 2 N–H and O–H groups in total. The van der Waals surface area contributed by atoms with E-state index in [-0.39, 0.29) is 23.3 Å². The Morgan fingerprint density at radius 1 is 1.58 bits per heavy atom. The van der Waals surface area contributed by atoms with Gasteiger partial charge in [0.2, 0.25) is 0 Å². The van der Waals surface area contributed by atoms with E-state index in [1.54, 1.807) is 12.1 Å². The fraction of sp³-hybridized carbons (Fsp3) is 0.286.